The number of nitriles is 1. The predicted molar refractivity (Wildman–Crippen MR) is 70.4 cm³/mol. The third-order valence-electron chi connectivity index (χ3n) is 3.60. The zero-order valence-electron chi connectivity index (χ0n) is 11.4. The van der Waals surface area contributed by atoms with E-state index < -0.39 is 5.54 Å². The molecule has 1 N–H and O–H groups in total. The lowest BCUT2D eigenvalue weighted by molar-refractivity contribution is 0.0919. The fourth-order valence-corrected chi connectivity index (χ4v) is 2.50. The molecule has 5 nitrogen and oxygen atoms in total. The lowest BCUT2D eigenvalue weighted by Gasteiger charge is -2.22. The Morgan fingerprint density at radius 1 is 1.47 bits per heavy atom. The number of aromatic nitrogens is 2. The van der Waals surface area contributed by atoms with E-state index in [1.165, 1.54) is 0 Å². The van der Waals surface area contributed by atoms with Gasteiger partial charge in [0, 0.05) is 0 Å². The van der Waals surface area contributed by atoms with Crippen LogP contribution in [0, 0.1) is 18.3 Å². The number of carbonyl (C=O) groups is 1. The van der Waals surface area contributed by atoms with Gasteiger partial charge in [-0.05, 0) is 45.1 Å². The summed E-state index contributed by atoms with van der Waals surface area (Å²) < 4.78 is 0. The standard InChI is InChI=1S/C14H18N4O/c1-3-12-11(8-10(2)17-18-12)13(19)16-14(9-15)6-4-5-7-14/h8H,3-7H2,1-2H3,(H,16,19). The number of nitrogens with one attached hydrogen (secondary N) is 1. The van der Waals surface area contributed by atoms with Gasteiger partial charge in [0.15, 0.2) is 0 Å². The van der Waals surface area contributed by atoms with Crippen LogP contribution in [-0.2, 0) is 6.42 Å². The van der Waals surface area contributed by atoms with Gasteiger partial charge in [0.1, 0.15) is 5.54 Å². The molecular formula is C14H18N4O. The van der Waals surface area contributed by atoms with E-state index in [0.717, 1.165) is 25.7 Å². The van der Waals surface area contributed by atoms with Crippen LogP contribution in [0.3, 0.4) is 0 Å². The molecule has 0 spiro atoms. The Bertz CT molecular complexity index is 527. The predicted octanol–water partition coefficient (Wildman–Crippen LogP) is 1.91. The van der Waals surface area contributed by atoms with E-state index in [9.17, 15) is 10.1 Å². The quantitative estimate of drug-likeness (QED) is 0.898. The minimum atomic E-state index is -0.695. The summed E-state index contributed by atoms with van der Waals surface area (Å²) in [5, 5.41) is 20.2. The van der Waals surface area contributed by atoms with Gasteiger partial charge in [-0.15, -0.1) is 0 Å². The van der Waals surface area contributed by atoms with Crippen LogP contribution >= 0.6 is 0 Å². The Kier molecular flexibility index (Phi) is 3.79. The molecule has 0 unspecified atom stereocenters. The van der Waals surface area contributed by atoms with Crippen LogP contribution in [0.25, 0.3) is 0 Å². The topological polar surface area (TPSA) is 78.7 Å². The van der Waals surface area contributed by atoms with Crippen molar-refractivity contribution in [3.63, 3.8) is 0 Å². The van der Waals surface area contributed by atoms with Gasteiger partial charge in [-0.25, -0.2) is 0 Å². The molecule has 0 bridgehead atoms. The second-order valence-corrected chi connectivity index (χ2v) is 5.05. The number of nitrogens with zero attached hydrogens (tertiary/aromatic N) is 3. The van der Waals surface area contributed by atoms with Crippen LogP contribution in [0.4, 0.5) is 0 Å². The summed E-state index contributed by atoms with van der Waals surface area (Å²) in [4.78, 5) is 12.4. The van der Waals surface area contributed by atoms with Crippen molar-refractivity contribution < 1.29 is 4.79 Å². The van der Waals surface area contributed by atoms with Gasteiger partial charge in [0.25, 0.3) is 5.91 Å². The molecule has 0 atom stereocenters. The number of hydrogen-bond donors (Lipinski definition) is 1. The van der Waals surface area contributed by atoms with E-state index in [4.69, 9.17) is 0 Å². The van der Waals surface area contributed by atoms with E-state index in [2.05, 4.69) is 21.6 Å². The van der Waals surface area contributed by atoms with Gasteiger partial charge in [-0.2, -0.15) is 15.5 Å². The molecule has 1 aromatic rings. The Morgan fingerprint density at radius 3 is 2.74 bits per heavy atom. The maximum atomic E-state index is 12.4. The van der Waals surface area contributed by atoms with Crippen molar-refractivity contribution in [3.05, 3.63) is 23.0 Å². The van der Waals surface area contributed by atoms with Crippen LogP contribution in [0.15, 0.2) is 6.07 Å². The molecule has 100 valence electrons. The third-order valence-corrected chi connectivity index (χ3v) is 3.60. The highest BCUT2D eigenvalue weighted by Crippen LogP contribution is 2.29. The molecule has 1 aliphatic carbocycles. The van der Waals surface area contributed by atoms with Gasteiger partial charge in [0.2, 0.25) is 0 Å². The zero-order valence-corrected chi connectivity index (χ0v) is 11.4. The number of amides is 1. The molecule has 2 rings (SSSR count). The Morgan fingerprint density at radius 2 is 2.16 bits per heavy atom. The third kappa shape index (κ3) is 2.73. The molecule has 1 aromatic heterocycles. The summed E-state index contributed by atoms with van der Waals surface area (Å²) >= 11 is 0. The van der Waals surface area contributed by atoms with Crippen molar-refractivity contribution in [2.24, 2.45) is 0 Å². The highest BCUT2D eigenvalue weighted by molar-refractivity contribution is 5.96. The summed E-state index contributed by atoms with van der Waals surface area (Å²) in [5.41, 5.74) is 1.23. The normalized spacial score (nSPS) is 16.9. The molecule has 1 fully saturated rings. The van der Waals surface area contributed by atoms with Gasteiger partial charge < -0.3 is 5.32 Å². The molecular weight excluding hydrogens is 240 g/mol. The van der Waals surface area contributed by atoms with Gasteiger partial charge in [-0.1, -0.05) is 6.92 Å². The number of hydrogen-bond acceptors (Lipinski definition) is 4. The maximum Gasteiger partial charge on any atom is 0.254 e. The Labute approximate surface area is 113 Å². The largest absolute Gasteiger partial charge is 0.334 e. The van der Waals surface area contributed by atoms with E-state index in [0.29, 0.717) is 23.4 Å². The lowest BCUT2D eigenvalue weighted by atomic mass is 9.98. The van der Waals surface area contributed by atoms with Crippen molar-refractivity contribution in [1.29, 1.82) is 5.26 Å². The van der Waals surface area contributed by atoms with E-state index >= 15 is 0 Å². The first-order valence-corrected chi connectivity index (χ1v) is 6.67. The Balaban J connectivity index is 2.25. The fourth-order valence-electron chi connectivity index (χ4n) is 2.50. The van der Waals surface area contributed by atoms with Crippen molar-refractivity contribution in [1.82, 2.24) is 15.5 Å². The summed E-state index contributed by atoms with van der Waals surface area (Å²) in [6.45, 7) is 3.74. The number of aryl methyl sites for hydroxylation is 2. The average Bonchev–Trinajstić information content (AvgIpc) is 2.87. The lowest BCUT2D eigenvalue weighted by Crippen LogP contribution is -2.45. The fraction of sp³-hybridized carbons (Fsp3) is 0.571. The van der Waals surface area contributed by atoms with Crippen LogP contribution < -0.4 is 5.32 Å². The minimum absolute atomic E-state index is 0.210. The highest BCUT2D eigenvalue weighted by atomic mass is 16.1. The van der Waals surface area contributed by atoms with Crippen molar-refractivity contribution in [3.8, 4) is 6.07 Å². The molecule has 0 aliphatic heterocycles. The Hall–Kier alpha value is -1.96. The number of carbonyl (C=O) groups excluding carboxylic acids is 1. The van der Waals surface area contributed by atoms with Crippen LogP contribution in [0.5, 0.6) is 0 Å². The molecule has 1 aliphatic rings. The summed E-state index contributed by atoms with van der Waals surface area (Å²) in [6, 6.07) is 4.00. The van der Waals surface area contributed by atoms with Gasteiger partial charge in [0.05, 0.1) is 23.0 Å². The molecule has 0 aromatic carbocycles. The highest BCUT2D eigenvalue weighted by Gasteiger charge is 2.36. The first-order valence-electron chi connectivity index (χ1n) is 6.67. The molecule has 19 heavy (non-hydrogen) atoms. The second kappa shape index (κ2) is 5.35. The first kappa shape index (κ1) is 13.5. The average molecular weight is 258 g/mol. The SMILES string of the molecule is CCc1nnc(C)cc1C(=O)NC1(C#N)CCCC1. The molecule has 1 amide bonds. The summed E-state index contributed by atoms with van der Waals surface area (Å²) in [5.74, 6) is -0.210. The minimum Gasteiger partial charge on any atom is -0.334 e. The van der Waals surface area contributed by atoms with E-state index in [1.807, 2.05) is 6.92 Å². The number of rotatable bonds is 3. The molecule has 5 heteroatoms. The van der Waals surface area contributed by atoms with Crippen LogP contribution in [-0.4, -0.2) is 21.6 Å². The molecule has 0 saturated heterocycles. The smallest absolute Gasteiger partial charge is 0.254 e. The zero-order chi connectivity index (χ0) is 13.9. The van der Waals surface area contributed by atoms with Crippen molar-refractivity contribution in [2.75, 3.05) is 0 Å². The van der Waals surface area contributed by atoms with Gasteiger partial charge >= 0.3 is 0 Å². The summed E-state index contributed by atoms with van der Waals surface area (Å²) in [7, 11) is 0. The van der Waals surface area contributed by atoms with Crippen molar-refractivity contribution in [2.45, 2.75) is 51.5 Å². The van der Waals surface area contributed by atoms with Crippen LogP contribution in [0.1, 0.15) is 54.4 Å². The van der Waals surface area contributed by atoms with Crippen LogP contribution in [0.2, 0.25) is 0 Å². The molecule has 1 saturated carbocycles. The van der Waals surface area contributed by atoms with Crippen molar-refractivity contribution >= 4 is 5.91 Å². The maximum absolute atomic E-state index is 12.4. The molecule has 1 heterocycles. The van der Waals surface area contributed by atoms with E-state index in [-0.39, 0.29) is 5.91 Å². The second-order valence-electron chi connectivity index (χ2n) is 5.05. The molecule has 0 radical (unpaired) electrons. The first-order chi connectivity index (χ1) is 9.10. The summed E-state index contributed by atoms with van der Waals surface area (Å²) in [6.07, 6.45) is 4.09. The van der Waals surface area contributed by atoms with E-state index in [1.54, 1.807) is 13.0 Å². The monoisotopic (exact) mass is 258 g/mol. The van der Waals surface area contributed by atoms with Gasteiger partial charge in [-0.3, -0.25) is 4.79 Å².